The van der Waals surface area contributed by atoms with Gasteiger partial charge in [-0.15, -0.1) is 0 Å². The number of amides is 4. The standard InChI is InChI=1S/C15H23N3O3/c1-11-6-2-3-7-15(11)13(20)18(14(21)16-15)10-12(19)17-8-4-5-9-17/h11H,2-10H2,1H3,(H,16,21)/t11-,15-/m0/s1. The third-order valence-corrected chi connectivity index (χ3v) is 5.25. The highest BCUT2D eigenvalue weighted by atomic mass is 16.2. The molecule has 0 aromatic heterocycles. The van der Waals surface area contributed by atoms with Gasteiger partial charge in [0.25, 0.3) is 5.91 Å². The molecule has 0 aromatic carbocycles. The second-order valence-corrected chi connectivity index (χ2v) is 6.53. The van der Waals surface area contributed by atoms with Gasteiger partial charge in [0.2, 0.25) is 5.91 Å². The largest absolute Gasteiger partial charge is 0.341 e. The number of carbonyl (C=O) groups is 3. The van der Waals surface area contributed by atoms with E-state index in [-0.39, 0.29) is 24.3 Å². The molecule has 116 valence electrons. The van der Waals surface area contributed by atoms with E-state index in [1.165, 1.54) is 0 Å². The predicted octanol–water partition coefficient (Wildman–Crippen LogP) is 1.11. The summed E-state index contributed by atoms with van der Waals surface area (Å²) in [5.74, 6) is -0.182. The highest BCUT2D eigenvalue weighted by molar-refractivity contribution is 6.09. The number of urea groups is 1. The molecule has 2 atom stereocenters. The molecule has 21 heavy (non-hydrogen) atoms. The molecule has 1 saturated carbocycles. The molecule has 1 aliphatic carbocycles. The van der Waals surface area contributed by atoms with Crippen molar-refractivity contribution in [3.05, 3.63) is 0 Å². The second kappa shape index (κ2) is 5.31. The van der Waals surface area contributed by atoms with E-state index in [1.807, 2.05) is 6.92 Å². The maximum atomic E-state index is 12.7. The SMILES string of the molecule is C[C@H]1CCCC[C@]12NC(=O)N(CC(=O)N1CCCC1)C2=O. The van der Waals surface area contributed by atoms with Gasteiger partial charge in [0, 0.05) is 13.1 Å². The quantitative estimate of drug-likeness (QED) is 0.775. The zero-order valence-corrected chi connectivity index (χ0v) is 12.6. The molecule has 3 rings (SSSR count). The Morgan fingerprint density at radius 2 is 1.95 bits per heavy atom. The zero-order valence-electron chi connectivity index (χ0n) is 12.6. The van der Waals surface area contributed by atoms with Crippen LogP contribution in [0.3, 0.4) is 0 Å². The maximum absolute atomic E-state index is 12.7. The van der Waals surface area contributed by atoms with E-state index in [9.17, 15) is 14.4 Å². The zero-order chi connectivity index (χ0) is 15.0. The maximum Gasteiger partial charge on any atom is 0.325 e. The van der Waals surface area contributed by atoms with Gasteiger partial charge in [0.1, 0.15) is 12.1 Å². The molecule has 0 radical (unpaired) electrons. The third kappa shape index (κ3) is 2.30. The number of imide groups is 1. The molecule has 6 nitrogen and oxygen atoms in total. The van der Waals surface area contributed by atoms with Crippen molar-refractivity contribution in [1.82, 2.24) is 15.1 Å². The van der Waals surface area contributed by atoms with Crippen LogP contribution in [0.15, 0.2) is 0 Å². The smallest absolute Gasteiger partial charge is 0.325 e. The Balaban J connectivity index is 1.73. The Hall–Kier alpha value is -1.59. The van der Waals surface area contributed by atoms with Gasteiger partial charge in [0.05, 0.1) is 0 Å². The van der Waals surface area contributed by atoms with Crippen LogP contribution in [0.25, 0.3) is 0 Å². The minimum atomic E-state index is -0.763. The number of nitrogens with zero attached hydrogens (tertiary/aromatic N) is 2. The molecule has 3 fully saturated rings. The first-order valence-electron chi connectivity index (χ1n) is 7.96. The number of rotatable bonds is 2. The van der Waals surface area contributed by atoms with E-state index in [2.05, 4.69) is 5.32 Å². The summed E-state index contributed by atoms with van der Waals surface area (Å²) in [4.78, 5) is 40.0. The van der Waals surface area contributed by atoms with E-state index >= 15 is 0 Å². The third-order valence-electron chi connectivity index (χ3n) is 5.25. The van der Waals surface area contributed by atoms with E-state index < -0.39 is 11.6 Å². The molecule has 6 heteroatoms. The Kier molecular flexibility index (Phi) is 3.63. The fourth-order valence-corrected chi connectivity index (χ4v) is 3.84. The van der Waals surface area contributed by atoms with Crippen LogP contribution in [0.4, 0.5) is 4.79 Å². The summed E-state index contributed by atoms with van der Waals surface area (Å²) >= 11 is 0. The lowest BCUT2D eigenvalue weighted by atomic mass is 9.73. The normalized spacial score (nSPS) is 32.9. The number of nitrogens with one attached hydrogen (secondary N) is 1. The van der Waals surface area contributed by atoms with Gasteiger partial charge in [-0.25, -0.2) is 4.79 Å². The van der Waals surface area contributed by atoms with Crippen LogP contribution >= 0.6 is 0 Å². The highest BCUT2D eigenvalue weighted by Crippen LogP contribution is 2.38. The first kappa shape index (κ1) is 14.4. The van der Waals surface area contributed by atoms with Crippen LogP contribution in [0.1, 0.15) is 45.4 Å². The summed E-state index contributed by atoms with van der Waals surface area (Å²) in [6.45, 7) is 3.39. The Bertz CT molecular complexity index is 473. The van der Waals surface area contributed by atoms with Gasteiger partial charge in [-0.05, 0) is 31.6 Å². The van der Waals surface area contributed by atoms with E-state index in [0.717, 1.165) is 50.1 Å². The van der Waals surface area contributed by atoms with Crippen molar-refractivity contribution in [1.29, 1.82) is 0 Å². The molecule has 1 spiro atoms. The molecule has 2 saturated heterocycles. The Morgan fingerprint density at radius 1 is 1.24 bits per heavy atom. The lowest BCUT2D eigenvalue weighted by Crippen LogP contribution is -2.54. The van der Waals surface area contributed by atoms with Gasteiger partial charge in [-0.1, -0.05) is 19.8 Å². The number of likely N-dealkylation sites (tertiary alicyclic amines) is 1. The van der Waals surface area contributed by atoms with Gasteiger partial charge in [-0.2, -0.15) is 0 Å². The summed E-state index contributed by atoms with van der Waals surface area (Å²) in [6.07, 6.45) is 5.69. The molecule has 1 N–H and O–H groups in total. The topological polar surface area (TPSA) is 69.7 Å². The van der Waals surface area contributed by atoms with Crippen molar-refractivity contribution in [3.8, 4) is 0 Å². The van der Waals surface area contributed by atoms with Crippen molar-refractivity contribution >= 4 is 17.8 Å². The summed E-state index contributed by atoms with van der Waals surface area (Å²) in [5, 5.41) is 2.88. The van der Waals surface area contributed by atoms with Gasteiger partial charge >= 0.3 is 6.03 Å². The summed E-state index contributed by atoms with van der Waals surface area (Å²) in [7, 11) is 0. The molecule has 0 bridgehead atoms. The van der Waals surface area contributed by atoms with Gasteiger partial charge in [0.15, 0.2) is 0 Å². The fraction of sp³-hybridized carbons (Fsp3) is 0.800. The lowest BCUT2D eigenvalue weighted by Gasteiger charge is -2.36. The molecule has 0 aromatic rings. The summed E-state index contributed by atoms with van der Waals surface area (Å²) in [6, 6.07) is -0.402. The minimum absolute atomic E-state index is 0.112. The fourth-order valence-electron chi connectivity index (χ4n) is 3.84. The highest BCUT2D eigenvalue weighted by Gasteiger charge is 2.55. The van der Waals surface area contributed by atoms with E-state index in [1.54, 1.807) is 4.90 Å². The minimum Gasteiger partial charge on any atom is -0.341 e. The van der Waals surface area contributed by atoms with Crippen LogP contribution in [0.5, 0.6) is 0 Å². The number of hydrogen-bond acceptors (Lipinski definition) is 3. The monoisotopic (exact) mass is 293 g/mol. The van der Waals surface area contributed by atoms with Crippen molar-refractivity contribution < 1.29 is 14.4 Å². The van der Waals surface area contributed by atoms with Crippen molar-refractivity contribution in [2.75, 3.05) is 19.6 Å². The molecule has 4 amide bonds. The average Bonchev–Trinajstić information content (AvgIpc) is 3.06. The van der Waals surface area contributed by atoms with Crippen LogP contribution < -0.4 is 5.32 Å². The predicted molar refractivity (Wildman–Crippen MR) is 76.4 cm³/mol. The number of hydrogen-bond donors (Lipinski definition) is 1. The molecule has 2 heterocycles. The van der Waals surface area contributed by atoms with Gasteiger partial charge < -0.3 is 10.2 Å². The van der Waals surface area contributed by atoms with Crippen molar-refractivity contribution in [2.45, 2.75) is 51.0 Å². The van der Waals surface area contributed by atoms with Crippen LogP contribution in [0.2, 0.25) is 0 Å². The molecular weight excluding hydrogens is 270 g/mol. The van der Waals surface area contributed by atoms with Crippen molar-refractivity contribution in [2.24, 2.45) is 5.92 Å². The Labute approximate surface area is 124 Å². The Morgan fingerprint density at radius 3 is 2.62 bits per heavy atom. The molecular formula is C15H23N3O3. The first-order valence-corrected chi connectivity index (χ1v) is 7.96. The van der Waals surface area contributed by atoms with E-state index in [0.29, 0.717) is 6.42 Å². The molecule has 3 aliphatic rings. The second-order valence-electron chi connectivity index (χ2n) is 6.53. The first-order chi connectivity index (χ1) is 10.0. The van der Waals surface area contributed by atoms with Crippen LogP contribution in [-0.2, 0) is 9.59 Å². The summed E-state index contributed by atoms with van der Waals surface area (Å²) in [5.41, 5.74) is -0.763. The molecule has 0 unspecified atom stereocenters. The van der Waals surface area contributed by atoms with Gasteiger partial charge in [-0.3, -0.25) is 14.5 Å². The number of carbonyl (C=O) groups excluding carboxylic acids is 3. The lowest BCUT2D eigenvalue weighted by molar-refractivity contribution is -0.140. The van der Waals surface area contributed by atoms with Crippen molar-refractivity contribution in [3.63, 3.8) is 0 Å². The summed E-state index contributed by atoms with van der Waals surface area (Å²) < 4.78 is 0. The van der Waals surface area contributed by atoms with E-state index in [4.69, 9.17) is 0 Å². The molecule has 2 aliphatic heterocycles. The van der Waals surface area contributed by atoms with Crippen LogP contribution in [-0.4, -0.2) is 52.8 Å². The average molecular weight is 293 g/mol. The van der Waals surface area contributed by atoms with Crippen LogP contribution in [0, 0.1) is 5.92 Å².